The molecule has 136 valence electrons. The fourth-order valence-electron chi connectivity index (χ4n) is 2.59. The first-order chi connectivity index (χ1) is 11.9. The van der Waals surface area contributed by atoms with Crippen LogP contribution < -0.4 is 14.8 Å². The zero-order valence-electron chi connectivity index (χ0n) is 15.3. The molecule has 0 radical (unpaired) electrons. The van der Waals surface area contributed by atoms with Gasteiger partial charge in [-0.05, 0) is 35.3 Å². The molecule has 0 saturated carbocycles. The van der Waals surface area contributed by atoms with Crippen LogP contribution in [-0.4, -0.2) is 44.0 Å². The van der Waals surface area contributed by atoms with Crippen molar-refractivity contribution in [2.75, 3.05) is 27.3 Å². The molecule has 6 nitrogen and oxygen atoms in total. The van der Waals surface area contributed by atoms with Gasteiger partial charge in [0.1, 0.15) is 0 Å². The van der Waals surface area contributed by atoms with Crippen LogP contribution in [0.25, 0.3) is 6.08 Å². The summed E-state index contributed by atoms with van der Waals surface area (Å²) in [6, 6.07) is 3.69. The maximum absolute atomic E-state index is 12.5. The highest BCUT2D eigenvalue weighted by Crippen LogP contribution is 2.32. The maximum atomic E-state index is 12.5. The summed E-state index contributed by atoms with van der Waals surface area (Å²) in [5, 5.41) is 2.87. The Hall–Kier alpha value is -2.50. The summed E-state index contributed by atoms with van der Waals surface area (Å²) in [6.07, 6.45) is 4.14. The number of nitrogens with zero attached hydrogens (tertiary/aromatic N) is 1. The third kappa shape index (κ3) is 4.98. The second-order valence-electron chi connectivity index (χ2n) is 6.43. The van der Waals surface area contributed by atoms with E-state index < -0.39 is 0 Å². The second kappa shape index (κ2) is 8.55. The molecule has 1 aliphatic heterocycles. The molecule has 1 aromatic rings. The van der Waals surface area contributed by atoms with Gasteiger partial charge in [-0.3, -0.25) is 9.59 Å². The first-order valence-corrected chi connectivity index (χ1v) is 8.43. The molecule has 0 fully saturated rings. The monoisotopic (exact) mass is 346 g/mol. The number of methoxy groups -OCH3 is 2. The Morgan fingerprint density at radius 1 is 1.24 bits per heavy atom. The third-order valence-electron chi connectivity index (χ3n) is 4.03. The van der Waals surface area contributed by atoms with Crippen molar-refractivity contribution in [3.8, 4) is 11.5 Å². The number of carbonyl (C=O) groups excluding carboxylic acids is 2. The number of ether oxygens (including phenoxy) is 2. The molecule has 0 spiro atoms. The minimum atomic E-state index is -0.0427. The summed E-state index contributed by atoms with van der Waals surface area (Å²) in [4.78, 5) is 25.9. The second-order valence-corrected chi connectivity index (χ2v) is 6.43. The van der Waals surface area contributed by atoms with Crippen molar-refractivity contribution in [2.24, 2.45) is 5.92 Å². The number of carbonyl (C=O) groups is 2. The summed E-state index contributed by atoms with van der Waals surface area (Å²) in [7, 11) is 3.15. The maximum Gasteiger partial charge on any atom is 0.230 e. The molecule has 2 amide bonds. The van der Waals surface area contributed by atoms with Crippen molar-refractivity contribution in [3.63, 3.8) is 0 Å². The van der Waals surface area contributed by atoms with Crippen molar-refractivity contribution in [1.29, 1.82) is 0 Å². The topological polar surface area (TPSA) is 67.9 Å². The highest BCUT2D eigenvalue weighted by Gasteiger charge is 2.20. The lowest BCUT2D eigenvalue weighted by Gasteiger charge is -2.17. The molecule has 1 N–H and O–H groups in total. The van der Waals surface area contributed by atoms with Crippen molar-refractivity contribution in [1.82, 2.24) is 10.2 Å². The Morgan fingerprint density at radius 2 is 1.92 bits per heavy atom. The van der Waals surface area contributed by atoms with E-state index >= 15 is 0 Å². The van der Waals surface area contributed by atoms with E-state index in [4.69, 9.17) is 9.47 Å². The van der Waals surface area contributed by atoms with E-state index in [9.17, 15) is 9.59 Å². The van der Waals surface area contributed by atoms with Gasteiger partial charge in [0.2, 0.25) is 11.8 Å². The summed E-state index contributed by atoms with van der Waals surface area (Å²) in [5.41, 5.74) is 1.79. The van der Waals surface area contributed by atoms with E-state index in [1.54, 1.807) is 25.3 Å². The Balaban J connectivity index is 2.05. The minimum Gasteiger partial charge on any atom is -0.493 e. The van der Waals surface area contributed by atoms with Gasteiger partial charge in [-0.1, -0.05) is 13.8 Å². The number of fused-ring (bicyclic) bond motifs is 1. The van der Waals surface area contributed by atoms with Gasteiger partial charge < -0.3 is 19.7 Å². The Kier molecular flexibility index (Phi) is 6.44. The lowest BCUT2D eigenvalue weighted by Crippen LogP contribution is -2.33. The molecule has 2 rings (SSSR count). The molecule has 0 aromatic heterocycles. The van der Waals surface area contributed by atoms with Crippen LogP contribution in [0.5, 0.6) is 11.5 Å². The summed E-state index contributed by atoms with van der Waals surface area (Å²) in [6.45, 7) is 5.09. The highest BCUT2D eigenvalue weighted by atomic mass is 16.5. The first kappa shape index (κ1) is 18.8. The van der Waals surface area contributed by atoms with E-state index in [0.717, 1.165) is 11.1 Å². The average Bonchev–Trinajstić information content (AvgIpc) is 2.74. The van der Waals surface area contributed by atoms with Crippen LogP contribution in [0.4, 0.5) is 0 Å². The van der Waals surface area contributed by atoms with E-state index in [-0.39, 0.29) is 24.7 Å². The van der Waals surface area contributed by atoms with Crippen molar-refractivity contribution in [2.45, 2.75) is 26.7 Å². The van der Waals surface area contributed by atoms with Gasteiger partial charge in [0, 0.05) is 25.7 Å². The largest absolute Gasteiger partial charge is 0.493 e. The van der Waals surface area contributed by atoms with Crippen LogP contribution in [0.3, 0.4) is 0 Å². The normalized spacial score (nSPS) is 13.5. The predicted octanol–water partition coefficient (Wildman–Crippen LogP) is 2.22. The van der Waals surface area contributed by atoms with Gasteiger partial charge in [0.15, 0.2) is 11.5 Å². The molecule has 1 aliphatic rings. The Bertz CT molecular complexity index is 668. The van der Waals surface area contributed by atoms with Crippen LogP contribution >= 0.6 is 0 Å². The summed E-state index contributed by atoms with van der Waals surface area (Å²) >= 11 is 0. The molecular formula is C19H26N2O4. The standard InChI is InChI=1S/C19H26N2O4/c1-13(2)12-20-18(22)6-8-21-7-5-14-9-16(24-3)17(25-4)10-15(14)11-19(21)23/h5,7,9-10,13H,6,8,11-12H2,1-4H3,(H,20,22). The van der Waals surface area contributed by atoms with E-state index in [1.807, 2.05) is 32.1 Å². The van der Waals surface area contributed by atoms with Crippen molar-refractivity contribution in [3.05, 3.63) is 29.5 Å². The van der Waals surface area contributed by atoms with Crippen LogP contribution in [0.1, 0.15) is 31.4 Å². The molecule has 1 heterocycles. The number of nitrogens with one attached hydrogen (secondary N) is 1. The number of hydrogen-bond donors (Lipinski definition) is 1. The molecule has 0 aliphatic carbocycles. The SMILES string of the molecule is COc1cc2c(cc1OC)CC(=O)N(CCC(=O)NCC(C)C)C=C2. The van der Waals surface area contributed by atoms with Gasteiger partial charge in [-0.25, -0.2) is 0 Å². The Labute approximate surface area is 148 Å². The van der Waals surface area contributed by atoms with Crippen molar-refractivity contribution < 1.29 is 19.1 Å². The predicted molar refractivity (Wildman–Crippen MR) is 96.5 cm³/mol. The molecule has 1 aromatic carbocycles. The van der Waals surface area contributed by atoms with Crippen LogP contribution in [0.2, 0.25) is 0 Å². The van der Waals surface area contributed by atoms with Crippen LogP contribution in [-0.2, 0) is 16.0 Å². The average molecular weight is 346 g/mol. The lowest BCUT2D eigenvalue weighted by atomic mass is 10.0. The smallest absolute Gasteiger partial charge is 0.230 e. The zero-order valence-corrected chi connectivity index (χ0v) is 15.3. The number of amides is 2. The highest BCUT2D eigenvalue weighted by molar-refractivity contribution is 5.85. The molecule has 0 bridgehead atoms. The number of hydrogen-bond acceptors (Lipinski definition) is 4. The van der Waals surface area contributed by atoms with Gasteiger partial charge in [0.05, 0.1) is 20.6 Å². The molecule has 0 unspecified atom stereocenters. The summed E-state index contributed by atoms with van der Waals surface area (Å²) < 4.78 is 10.6. The quantitative estimate of drug-likeness (QED) is 0.822. The van der Waals surface area contributed by atoms with Crippen LogP contribution in [0.15, 0.2) is 18.3 Å². The Morgan fingerprint density at radius 3 is 2.56 bits per heavy atom. The van der Waals surface area contributed by atoms with E-state index in [2.05, 4.69) is 5.32 Å². The third-order valence-corrected chi connectivity index (χ3v) is 4.03. The molecule has 0 saturated heterocycles. The number of benzene rings is 1. The molecule has 6 heteroatoms. The number of rotatable bonds is 7. The first-order valence-electron chi connectivity index (χ1n) is 8.43. The van der Waals surface area contributed by atoms with E-state index in [0.29, 0.717) is 30.5 Å². The van der Waals surface area contributed by atoms with Gasteiger partial charge in [0.25, 0.3) is 0 Å². The summed E-state index contributed by atoms with van der Waals surface area (Å²) in [5.74, 6) is 1.55. The van der Waals surface area contributed by atoms with Gasteiger partial charge >= 0.3 is 0 Å². The van der Waals surface area contributed by atoms with E-state index in [1.165, 1.54) is 0 Å². The lowest BCUT2D eigenvalue weighted by molar-refractivity contribution is -0.128. The fourth-order valence-corrected chi connectivity index (χ4v) is 2.59. The molecule has 0 atom stereocenters. The van der Waals surface area contributed by atoms with Crippen LogP contribution in [0, 0.1) is 5.92 Å². The fraction of sp³-hybridized carbons (Fsp3) is 0.474. The van der Waals surface area contributed by atoms with Gasteiger partial charge in [-0.15, -0.1) is 0 Å². The molecular weight excluding hydrogens is 320 g/mol. The minimum absolute atomic E-state index is 0.0417. The van der Waals surface area contributed by atoms with Crippen molar-refractivity contribution >= 4 is 17.9 Å². The van der Waals surface area contributed by atoms with Gasteiger partial charge in [-0.2, -0.15) is 0 Å². The zero-order chi connectivity index (χ0) is 18.4. The molecule has 25 heavy (non-hydrogen) atoms.